The van der Waals surface area contributed by atoms with Crippen LogP contribution in [0.25, 0.3) is 0 Å². The molecule has 0 amide bonds. The molecule has 7 aliphatic carbocycles. The summed E-state index contributed by atoms with van der Waals surface area (Å²) < 4.78 is 23.0. The molecule has 0 aromatic rings. The van der Waals surface area contributed by atoms with Crippen LogP contribution >= 0.6 is 0 Å². The summed E-state index contributed by atoms with van der Waals surface area (Å²) in [5.74, 6) is -0.511. The summed E-state index contributed by atoms with van der Waals surface area (Å²) in [5.41, 5.74) is -3.01. The minimum Gasteiger partial charge on any atom is -0.458 e. The van der Waals surface area contributed by atoms with Crippen molar-refractivity contribution in [1.82, 2.24) is 0 Å². The lowest BCUT2D eigenvalue weighted by Crippen LogP contribution is -2.80. The predicted molar refractivity (Wildman–Crippen MR) is 152 cm³/mol. The van der Waals surface area contributed by atoms with E-state index < -0.39 is 52.6 Å². The summed E-state index contributed by atoms with van der Waals surface area (Å²) in [6.07, 6.45) is 5.90. The molecule has 1 heterocycles. The first-order valence-electron chi connectivity index (χ1n) is 16.6. The Labute approximate surface area is 254 Å². The lowest BCUT2D eigenvalue weighted by Gasteiger charge is -2.74. The third-order valence-corrected chi connectivity index (χ3v) is 14.1. The fourth-order valence-electron chi connectivity index (χ4n) is 11.6. The number of esters is 4. The molecule has 7 saturated carbocycles. The summed E-state index contributed by atoms with van der Waals surface area (Å²) in [7, 11) is 0. The molecule has 9 nitrogen and oxygen atoms in total. The Kier molecular flexibility index (Phi) is 6.32. The number of rotatable bonds is 12. The van der Waals surface area contributed by atoms with E-state index in [0.29, 0.717) is 30.6 Å². The van der Waals surface area contributed by atoms with Crippen molar-refractivity contribution in [3.8, 4) is 0 Å². The summed E-state index contributed by atoms with van der Waals surface area (Å²) >= 11 is 0. The van der Waals surface area contributed by atoms with Gasteiger partial charge in [0.2, 0.25) is 0 Å². The van der Waals surface area contributed by atoms with Crippen LogP contribution in [-0.4, -0.2) is 59.0 Å². The molecule has 9 heteroatoms. The van der Waals surface area contributed by atoms with Crippen LogP contribution in [0.4, 0.5) is 0 Å². The van der Waals surface area contributed by atoms with Crippen molar-refractivity contribution in [2.24, 2.45) is 57.7 Å². The molecule has 43 heavy (non-hydrogen) atoms. The van der Waals surface area contributed by atoms with E-state index in [2.05, 4.69) is 13.8 Å². The van der Waals surface area contributed by atoms with Crippen molar-refractivity contribution in [2.45, 2.75) is 123 Å². The lowest BCUT2D eigenvalue weighted by atomic mass is 9.28. The van der Waals surface area contributed by atoms with E-state index >= 15 is 0 Å². The average Bonchev–Trinajstić information content (AvgIpc) is 3.65. The van der Waals surface area contributed by atoms with Crippen molar-refractivity contribution in [3.05, 3.63) is 0 Å². The standard InChI is InChI=1S/C34H48O9/c1-7-8-31(6,29(38)40-16-24(35)41-25-22-9-21-10-23-28(37)42-26(25)34(21,22)23)18(3)30(4,5)11-17(2)27(36)43-33-14-19-12-32(33,39)13-20(19)15-33/h17-23,25-26,39H,7-16H2,1-6H3/t17?,18?,19?,20?,21?,22?,23?,25?,26?,31-,32?,33?,34?/m1/s1. The molecule has 0 aromatic heterocycles. The van der Waals surface area contributed by atoms with E-state index in [1.54, 1.807) is 0 Å². The maximum absolute atomic E-state index is 13.6. The Bertz CT molecular complexity index is 1240. The van der Waals surface area contributed by atoms with Crippen LogP contribution in [0, 0.1) is 57.7 Å². The molecule has 1 spiro atoms. The zero-order valence-corrected chi connectivity index (χ0v) is 26.5. The Morgan fingerprint density at radius 1 is 1.07 bits per heavy atom. The monoisotopic (exact) mass is 600 g/mol. The highest BCUT2D eigenvalue weighted by atomic mass is 16.6. The van der Waals surface area contributed by atoms with Crippen LogP contribution < -0.4 is 0 Å². The molecule has 1 N–H and O–H groups in total. The molecule has 0 radical (unpaired) electrons. The fraction of sp³-hybridized carbons (Fsp3) is 0.882. The van der Waals surface area contributed by atoms with Gasteiger partial charge in [-0.15, -0.1) is 0 Å². The van der Waals surface area contributed by atoms with Gasteiger partial charge in [0.05, 0.1) is 17.3 Å². The molecule has 0 aromatic carbocycles. The molecule has 238 valence electrons. The van der Waals surface area contributed by atoms with Crippen LogP contribution in [0.3, 0.4) is 0 Å². The summed E-state index contributed by atoms with van der Waals surface area (Å²) in [6, 6.07) is 0. The van der Waals surface area contributed by atoms with E-state index in [1.165, 1.54) is 0 Å². The van der Waals surface area contributed by atoms with Gasteiger partial charge in [-0.3, -0.25) is 14.4 Å². The van der Waals surface area contributed by atoms with E-state index in [4.69, 9.17) is 18.9 Å². The average molecular weight is 601 g/mol. The smallest absolute Gasteiger partial charge is 0.344 e. The van der Waals surface area contributed by atoms with Gasteiger partial charge in [0.15, 0.2) is 6.61 Å². The summed E-state index contributed by atoms with van der Waals surface area (Å²) in [5, 5.41) is 11.1. The van der Waals surface area contributed by atoms with Gasteiger partial charge in [0.1, 0.15) is 23.4 Å². The van der Waals surface area contributed by atoms with Gasteiger partial charge in [-0.25, -0.2) is 4.79 Å². The fourth-order valence-corrected chi connectivity index (χ4v) is 11.6. The van der Waals surface area contributed by atoms with Crippen molar-refractivity contribution < 1.29 is 43.2 Å². The first-order valence-corrected chi connectivity index (χ1v) is 16.6. The first-order chi connectivity index (χ1) is 20.1. The van der Waals surface area contributed by atoms with Gasteiger partial charge >= 0.3 is 23.9 Å². The molecule has 1 saturated heterocycles. The summed E-state index contributed by atoms with van der Waals surface area (Å²) in [4.78, 5) is 51.9. The highest BCUT2D eigenvalue weighted by Gasteiger charge is 2.87. The number of ether oxygens (including phenoxy) is 4. The molecule has 4 bridgehead atoms. The number of aliphatic hydroxyl groups is 1. The second-order valence-corrected chi connectivity index (χ2v) is 16.5. The van der Waals surface area contributed by atoms with Crippen molar-refractivity contribution in [1.29, 1.82) is 0 Å². The molecule has 10 unspecified atom stereocenters. The van der Waals surface area contributed by atoms with Gasteiger partial charge in [-0.1, -0.05) is 41.0 Å². The van der Waals surface area contributed by atoms with Crippen LogP contribution in [-0.2, 0) is 38.1 Å². The van der Waals surface area contributed by atoms with E-state index in [1.807, 2.05) is 27.7 Å². The van der Waals surface area contributed by atoms with E-state index in [0.717, 1.165) is 44.9 Å². The highest BCUT2D eigenvalue weighted by Crippen LogP contribution is 2.80. The normalized spacial score (nSPS) is 45.0. The van der Waals surface area contributed by atoms with E-state index in [-0.39, 0.29) is 41.2 Å². The van der Waals surface area contributed by atoms with Crippen LogP contribution in [0.15, 0.2) is 0 Å². The topological polar surface area (TPSA) is 125 Å². The third kappa shape index (κ3) is 3.72. The predicted octanol–water partition coefficient (Wildman–Crippen LogP) is 4.36. The lowest BCUT2D eigenvalue weighted by molar-refractivity contribution is -0.331. The van der Waals surface area contributed by atoms with Crippen LogP contribution in [0.2, 0.25) is 0 Å². The SMILES string of the molecule is CCC[C@@](C)(C(=O)OCC(=O)OC1C2CC3CC4C(=O)OC1C342)C(C)C(C)(C)CC(C)C(=O)OC12CC3CC1(O)CC3C2. The Morgan fingerprint density at radius 2 is 1.74 bits per heavy atom. The zero-order valence-electron chi connectivity index (χ0n) is 26.5. The number of hydrogen-bond donors (Lipinski definition) is 1. The largest absolute Gasteiger partial charge is 0.458 e. The molecule has 8 fully saturated rings. The van der Waals surface area contributed by atoms with Gasteiger partial charge in [-0.05, 0) is 87.4 Å². The molecule has 8 aliphatic rings. The van der Waals surface area contributed by atoms with Gasteiger partial charge < -0.3 is 24.1 Å². The minimum atomic E-state index is -0.886. The second-order valence-electron chi connectivity index (χ2n) is 16.5. The molecular weight excluding hydrogens is 552 g/mol. The Balaban J connectivity index is 0.942. The van der Waals surface area contributed by atoms with Crippen LogP contribution in [0.1, 0.15) is 99.3 Å². The Morgan fingerprint density at radius 3 is 2.33 bits per heavy atom. The number of carbonyl (C=O) groups is 4. The van der Waals surface area contributed by atoms with Crippen LogP contribution in [0.5, 0.6) is 0 Å². The molecule has 1 aliphatic heterocycles. The minimum absolute atomic E-state index is 0.0347. The maximum atomic E-state index is 13.6. The highest BCUT2D eigenvalue weighted by molar-refractivity contribution is 5.82. The maximum Gasteiger partial charge on any atom is 0.344 e. The first kappa shape index (κ1) is 29.5. The Hall–Kier alpha value is -2.16. The summed E-state index contributed by atoms with van der Waals surface area (Å²) in [6.45, 7) is 11.4. The number of hydrogen-bond acceptors (Lipinski definition) is 9. The zero-order chi connectivity index (χ0) is 30.9. The van der Waals surface area contributed by atoms with Crippen molar-refractivity contribution in [2.75, 3.05) is 6.61 Å². The van der Waals surface area contributed by atoms with Gasteiger partial charge in [0.25, 0.3) is 0 Å². The van der Waals surface area contributed by atoms with Gasteiger partial charge in [0, 0.05) is 11.3 Å². The van der Waals surface area contributed by atoms with Crippen molar-refractivity contribution >= 4 is 23.9 Å². The molecular formula is C34H48O9. The number of carbonyl (C=O) groups excluding carboxylic acids is 4. The second kappa shape index (κ2) is 9.20. The molecule has 8 rings (SSSR count). The quantitative estimate of drug-likeness (QED) is 0.257. The third-order valence-electron chi connectivity index (χ3n) is 14.1. The van der Waals surface area contributed by atoms with E-state index in [9.17, 15) is 24.3 Å². The van der Waals surface area contributed by atoms with Gasteiger partial charge in [-0.2, -0.15) is 0 Å². The van der Waals surface area contributed by atoms with Crippen molar-refractivity contribution in [3.63, 3.8) is 0 Å². The molecule has 11 atom stereocenters.